The highest BCUT2D eigenvalue weighted by Gasteiger charge is 2.40. The molecule has 0 aliphatic heterocycles. The number of anilines is 1. The first kappa shape index (κ1) is 14.3. The minimum atomic E-state index is -0.483. The van der Waals surface area contributed by atoms with Crippen LogP contribution in [0.25, 0.3) is 0 Å². The molecule has 19 heavy (non-hydrogen) atoms. The maximum absolute atomic E-state index is 9.86. The lowest BCUT2D eigenvalue weighted by Crippen LogP contribution is -2.57. The van der Waals surface area contributed by atoms with Gasteiger partial charge in [0, 0.05) is 30.9 Å². The van der Waals surface area contributed by atoms with Gasteiger partial charge in [0.15, 0.2) is 0 Å². The Morgan fingerprint density at radius 3 is 2.53 bits per heavy atom. The number of rotatable bonds is 5. The summed E-state index contributed by atoms with van der Waals surface area (Å²) in [6.07, 6.45) is 5.09. The third kappa shape index (κ3) is 2.74. The van der Waals surface area contributed by atoms with Gasteiger partial charge in [0.05, 0.1) is 6.10 Å². The molecule has 1 heterocycles. The van der Waals surface area contributed by atoms with E-state index in [9.17, 15) is 5.11 Å². The number of hydrogen-bond acceptors (Lipinski definition) is 4. The molecule has 1 aliphatic rings. The number of aliphatic hydroxyl groups is 1. The molecule has 1 saturated carbocycles. The maximum Gasteiger partial charge on any atom is 0.134 e. The van der Waals surface area contributed by atoms with E-state index in [-0.39, 0.29) is 5.54 Å². The first-order chi connectivity index (χ1) is 8.96. The predicted octanol–water partition coefficient (Wildman–Crippen LogP) is 2.06. The number of nitrogens with zero attached hydrogens (tertiary/aromatic N) is 3. The van der Waals surface area contributed by atoms with Gasteiger partial charge in [-0.2, -0.15) is 0 Å². The van der Waals surface area contributed by atoms with Crippen LogP contribution in [0, 0.1) is 0 Å². The molecule has 4 heteroatoms. The number of aliphatic hydroxyl groups excluding tert-OH is 1. The molecule has 1 unspecified atom stereocenters. The molecule has 0 radical (unpaired) electrons. The van der Waals surface area contributed by atoms with Crippen molar-refractivity contribution in [1.29, 1.82) is 0 Å². The summed E-state index contributed by atoms with van der Waals surface area (Å²) in [6, 6.07) is 3.83. The molecule has 1 aromatic rings. The molecule has 1 fully saturated rings. The van der Waals surface area contributed by atoms with Gasteiger partial charge in [-0.25, -0.2) is 4.98 Å². The molecular formula is C15H25N3O. The summed E-state index contributed by atoms with van der Waals surface area (Å²) >= 11 is 0. The second kappa shape index (κ2) is 5.47. The first-order valence-electron chi connectivity index (χ1n) is 6.98. The largest absolute Gasteiger partial charge is 0.389 e. The van der Waals surface area contributed by atoms with Crippen molar-refractivity contribution >= 4 is 5.82 Å². The number of hydrogen-bond donors (Lipinski definition) is 1. The molecule has 1 aliphatic carbocycles. The Bertz CT molecular complexity index is 427. The van der Waals surface area contributed by atoms with Gasteiger partial charge in [-0.15, -0.1) is 0 Å². The lowest BCUT2D eigenvalue weighted by Gasteiger charge is -2.49. The fourth-order valence-electron chi connectivity index (χ4n) is 2.90. The van der Waals surface area contributed by atoms with Crippen LogP contribution in [0.5, 0.6) is 0 Å². The number of pyridine rings is 1. The first-order valence-corrected chi connectivity index (χ1v) is 6.98. The van der Waals surface area contributed by atoms with E-state index in [0.29, 0.717) is 0 Å². The van der Waals surface area contributed by atoms with Gasteiger partial charge in [-0.1, -0.05) is 6.07 Å². The van der Waals surface area contributed by atoms with Gasteiger partial charge in [0.2, 0.25) is 0 Å². The van der Waals surface area contributed by atoms with Crippen LogP contribution in [0.2, 0.25) is 0 Å². The third-order valence-corrected chi connectivity index (χ3v) is 4.39. The summed E-state index contributed by atoms with van der Waals surface area (Å²) < 4.78 is 0. The molecule has 0 bridgehead atoms. The van der Waals surface area contributed by atoms with Crippen LogP contribution < -0.4 is 4.90 Å². The predicted molar refractivity (Wildman–Crippen MR) is 78.4 cm³/mol. The van der Waals surface area contributed by atoms with Crippen molar-refractivity contribution in [2.45, 2.75) is 37.8 Å². The van der Waals surface area contributed by atoms with E-state index in [1.54, 1.807) is 13.1 Å². The zero-order chi connectivity index (χ0) is 14.0. The standard InChI is InChI=1S/C15H25N3O/c1-12(19)13-7-5-10-16-14(13)18(4)11-15(17(2)3)8-6-9-15/h5,7,10,12,19H,6,8-9,11H2,1-4H3. The van der Waals surface area contributed by atoms with E-state index in [2.05, 4.69) is 35.9 Å². The topological polar surface area (TPSA) is 39.6 Å². The Balaban J connectivity index is 2.18. The highest BCUT2D eigenvalue weighted by Crippen LogP contribution is 2.37. The molecule has 0 aromatic carbocycles. The van der Waals surface area contributed by atoms with E-state index < -0.39 is 6.10 Å². The van der Waals surface area contributed by atoms with Crippen LogP contribution in [-0.4, -0.2) is 48.2 Å². The Labute approximate surface area is 116 Å². The van der Waals surface area contributed by atoms with Crippen LogP contribution in [0.4, 0.5) is 5.82 Å². The van der Waals surface area contributed by atoms with Crippen molar-refractivity contribution in [1.82, 2.24) is 9.88 Å². The van der Waals surface area contributed by atoms with Crippen LogP contribution >= 0.6 is 0 Å². The monoisotopic (exact) mass is 263 g/mol. The normalized spacial score (nSPS) is 19.1. The fourth-order valence-corrected chi connectivity index (χ4v) is 2.90. The third-order valence-electron chi connectivity index (χ3n) is 4.39. The summed E-state index contributed by atoms with van der Waals surface area (Å²) in [5.74, 6) is 0.894. The maximum atomic E-state index is 9.86. The Morgan fingerprint density at radius 1 is 1.37 bits per heavy atom. The molecule has 1 N–H and O–H groups in total. The molecule has 0 spiro atoms. The molecule has 2 rings (SSSR count). The van der Waals surface area contributed by atoms with Gasteiger partial charge in [-0.3, -0.25) is 0 Å². The van der Waals surface area contributed by atoms with Crippen molar-refractivity contribution in [3.63, 3.8) is 0 Å². The number of aromatic nitrogens is 1. The van der Waals surface area contributed by atoms with Crippen molar-refractivity contribution in [3.8, 4) is 0 Å². The molecule has 106 valence electrons. The zero-order valence-electron chi connectivity index (χ0n) is 12.4. The second-order valence-electron chi connectivity index (χ2n) is 5.92. The lowest BCUT2D eigenvalue weighted by atomic mass is 9.75. The van der Waals surface area contributed by atoms with E-state index in [4.69, 9.17) is 0 Å². The van der Waals surface area contributed by atoms with Crippen molar-refractivity contribution in [2.75, 3.05) is 32.6 Å². The molecule has 1 aromatic heterocycles. The molecule has 0 amide bonds. The summed E-state index contributed by atoms with van der Waals surface area (Å²) in [6.45, 7) is 2.75. The molecule has 4 nitrogen and oxygen atoms in total. The van der Waals surface area contributed by atoms with Gasteiger partial charge < -0.3 is 14.9 Å². The van der Waals surface area contributed by atoms with Gasteiger partial charge >= 0.3 is 0 Å². The van der Waals surface area contributed by atoms with Crippen molar-refractivity contribution in [2.24, 2.45) is 0 Å². The minimum Gasteiger partial charge on any atom is -0.389 e. The summed E-state index contributed by atoms with van der Waals surface area (Å²) in [4.78, 5) is 8.96. The highest BCUT2D eigenvalue weighted by molar-refractivity contribution is 5.47. The average molecular weight is 263 g/mol. The van der Waals surface area contributed by atoms with Crippen molar-refractivity contribution < 1.29 is 5.11 Å². The number of likely N-dealkylation sites (N-methyl/N-ethyl adjacent to an activating group) is 2. The quantitative estimate of drug-likeness (QED) is 0.882. The smallest absolute Gasteiger partial charge is 0.134 e. The molecule has 1 atom stereocenters. The molecule has 0 saturated heterocycles. The van der Waals surface area contributed by atoms with Crippen LogP contribution in [-0.2, 0) is 0 Å². The summed E-state index contributed by atoms with van der Waals surface area (Å²) in [5, 5.41) is 9.86. The Hall–Kier alpha value is -1.13. The summed E-state index contributed by atoms with van der Waals surface area (Å²) in [5.41, 5.74) is 1.17. The zero-order valence-corrected chi connectivity index (χ0v) is 12.4. The van der Waals surface area contributed by atoms with Crippen LogP contribution in [0.1, 0.15) is 37.9 Å². The Kier molecular flexibility index (Phi) is 4.11. The van der Waals surface area contributed by atoms with Crippen molar-refractivity contribution in [3.05, 3.63) is 23.9 Å². The van der Waals surface area contributed by atoms with Crippen LogP contribution in [0.15, 0.2) is 18.3 Å². The fraction of sp³-hybridized carbons (Fsp3) is 0.667. The van der Waals surface area contributed by atoms with Gasteiger partial charge in [-0.05, 0) is 46.3 Å². The average Bonchev–Trinajstić information content (AvgIpc) is 2.33. The van der Waals surface area contributed by atoms with E-state index in [1.807, 2.05) is 12.1 Å². The highest BCUT2D eigenvalue weighted by atomic mass is 16.3. The van der Waals surface area contributed by atoms with E-state index in [1.165, 1.54) is 19.3 Å². The summed E-state index contributed by atoms with van der Waals surface area (Å²) in [7, 11) is 6.37. The second-order valence-corrected chi connectivity index (χ2v) is 5.92. The lowest BCUT2D eigenvalue weighted by molar-refractivity contribution is 0.0680. The SMILES string of the molecule is CC(O)c1cccnc1N(C)CC1(N(C)C)CCC1. The van der Waals surface area contributed by atoms with Gasteiger partial charge in [0.25, 0.3) is 0 Å². The van der Waals surface area contributed by atoms with Gasteiger partial charge in [0.1, 0.15) is 5.82 Å². The molecular weight excluding hydrogens is 238 g/mol. The van der Waals surface area contributed by atoms with E-state index in [0.717, 1.165) is 17.9 Å². The Morgan fingerprint density at radius 2 is 2.05 bits per heavy atom. The minimum absolute atomic E-state index is 0.266. The van der Waals surface area contributed by atoms with Crippen LogP contribution in [0.3, 0.4) is 0 Å². The van der Waals surface area contributed by atoms with E-state index >= 15 is 0 Å².